The molecule has 1 atom stereocenters. The van der Waals surface area contributed by atoms with Crippen LogP contribution in [0.4, 0.5) is 0 Å². The highest BCUT2D eigenvalue weighted by molar-refractivity contribution is 5.70. The Morgan fingerprint density at radius 2 is 0.581 bits per heavy atom. The molecule has 0 amide bonds. The predicted octanol–water partition coefficient (Wildman–Crippen LogP) is 21.9. The minimum Gasteiger partial charge on any atom is -0.462 e. The van der Waals surface area contributed by atoms with Gasteiger partial charge < -0.3 is 14.6 Å². The second-order valence-electron chi connectivity index (χ2n) is 21.1. The van der Waals surface area contributed by atoms with E-state index in [4.69, 9.17) is 9.47 Å². The number of carbonyl (C=O) groups is 2. The monoisotopic (exact) mass is 1030 g/mol. The summed E-state index contributed by atoms with van der Waals surface area (Å²) in [5.74, 6) is -0.623. The minimum absolute atomic E-state index is 0.0822. The Labute approximate surface area is 459 Å². The highest BCUT2D eigenvalue weighted by atomic mass is 16.6. The van der Waals surface area contributed by atoms with Crippen molar-refractivity contribution in [3.05, 3.63) is 97.2 Å². The van der Waals surface area contributed by atoms with Crippen LogP contribution >= 0.6 is 0 Å². The molecule has 0 heterocycles. The van der Waals surface area contributed by atoms with E-state index in [9.17, 15) is 14.7 Å². The average molecular weight is 1030 g/mol. The molecular weight excluding hydrogens is 909 g/mol. The number of unbranched alkanes of at least 4 members (excludes halogenated alkanes) is 34. The normalized spacial score (nSPS) is 12.9. The lowest BCUT2D eigenvalue weighted by atomic mass is 10.0. The molecule has 426 valence electrons. The number of aliphatic hydroxyl groups is 1. The first-order valence-electron chi connectivity index (χ1n) is 31.8. The maximum Gasteiger partial charge on any atom is 0.306 e. The van der Waals surface area contributed by atoms with Crippen molar-refractivity contribution >= 4 is 11.9 Å². The summed E-state index contributed by atoms with van der Waals surface area (Å²) in [4.78, 5) is 24.6. The van der Waals surface area contributed by atoms with Crippen LogP contribution in [-0.4, -0.2) is 36.4 Å². The Morgan fingerprint density at radius 1 is 0.324 bits per heavy atom. The van der Waals surface area contributed by atoms with Gasteiger partial charge in [0.05, 0.1) is 6.61 Å². The molecule has 0 aliphatic heterocycles. The summed E-state index contributed by atoms with van der Waals surface area (Å²) in [5.41, 5.74) is 0. The van der Waals surface area contributed by atoms with Gasteiger partial charge in [0.25, 0.3) is 0 Å². The van der Waals surface area contributed by atoms with Gasteiger partial charge in [-0.05, 0) is 96.3 Å². The Bertz CT molecular complexity index is 1400. The van der Waals surface area contributed by atoms with Gasteiger partial charge in [0, 0.05) is 12.8 Å². The lowest BCUT2D eigenvalue weighted by Crippen LogP contribution is -2.28. The highest BCUT2D eigenvalue weighted by Crippen LogP contribution is 2.17. The zero-order valence-electron chi connectivity index (χ0n) is 48.8. The van der Waals surface area contributed by atoms with Crippen molar-refractivity contribution in [3.63, 3.8) is 0 Å². The van der Waals surface area contributed by atoms with Crippen LogP contribution in [0.5, 0.6) is 0 Å². The summed E-state index contributed by atoms with van der Waals surface area (Å²) in [6.07, 6.45) is 91.3. The number of hydrogen-bond donors (Lipinski definition) is 1. The second kappa shape index (κ2) is 64.1. The van der Waals surface area contributed by atoms with E-state index in [2.05, 4.69) is 111 Å². The summed E-state index contributed by atoms with van der Waals surface area (Å²) < 4.78 is 10.7. The number of hydrogen-bond acceptors (Lipinski definition) is 5. The molecule has 0 bridgehead atoms. The Morgan fingerprint density at radius 3 is 0.905 bits per heavy atom. The number of carbonyl (C=O) groups excluding carboxylic acids is 2. The molecule has 0 saturated carbocycles. The second-order valence-corrected chi connectivity index (χ2v) is 21.1. The zero-order chi connectivity index (χ0) is 53.4. The van der Waals surface area contributed by atoms with E-state index in [0.29, 0.717) is 12.8 Å². The first-order chi connectivity index (χ1) is 36.6. The van der Waals surface area contributed by atoms with Crippen molar-refractivity contribution in [1.29, 1.82) is 0 Å². The molecule has 0 saturated heterocycles. The third-order valence-corrected chi connectivity index (χ3v) is 13.9. The van der Waals surface area contributed by atoms with Crippen LogP contribution in [-0.2, 0) is 19.1 Å². The molecule has 0 spiro atoms. The topological polar surface area (TPSA) is 72.8 Å². The quantitative estimate of drug-likeness (QED) is 0.0373. The standard InChI is InChI=1S/C69H120O5/c1-3-5-7-9-11-13-15-17-19-21-23-25-27-29-30-31-32-33-34-35-36-37-38-40-41-43-45-47-49-51-53-55-57-59-61-63-68(71)73-66-67(65-70)74-69(72)64-62-60-58-56-54-52-50-48-46-44-42-39-28-26-24-22-20-18-16-14-12-10-8-6-4-2/h6,8,12,14,18,20-21,23-24,26,39,42,46,48,52,54,67,70H,3-5,7,9-11,13,15-17,19,22,25,27-38,40-41,43-45,47,49-51,53,55-66H2,1-2H3/b8-6-,14-12-,20-18-,23-21-,26-24-,42-39-,48-46-,54-52-. The molecule has 74 heavy (non-hydrogen) atoms. The SMILES string of the molecule is CC/C=C\C/C=C\C/C=C\C/C=C\C/C=C\C/C=C\C/C=C\CCCCCC(=O)OC(CO)COC(=O)CCCCCCCCCCCCCCCCCCCCCCCCC/C=C\CCCCCCCCCC. The first kappa shape index (κ1) is 70.8. The number of allylic oxidation sites excluding steroid dienone is 16. The van der Waals surface area contributed by atoms with Gasteiger partial charge in [-0.15, -0.1) is 0 Å². The smallest absolute Gasteiger partial charge is 0.306 e. The van der Waals surface area contributed by atoms with Gasteiger partial charge in [-0.2, -0.15) is 0 Å². The number of ether oxygens (including phenoxy) is 2. The van der Waals surface area contributed by atoms with Gasteiger partial charge in [-0.25, -0.2) is 0 Å². The van der Waals surface area contributed by atoms with Crippen molar-refractivity contribution in [2.45, 2.75) is 315 Å². The van der Waals surface area contributed by atoms with Crippen LogP contribution in [0.15, 0.2) is 97.2 Å². The van der Waals surface area contributed by atoms with Gasteiger partial charge in [-0.1, -0.05) is 297 Å². The maximum absolute atomic E-state index is 12.3. The average Bonchev–Trinajstić information content (AvgIpc) is 3.40. The van der Waals surface area contributed by atoms with Crippen LogP contribution in [0.25, 0.3) is 0 Å². The molecule has 0 aromatic rings. The third kappa shape index (κ3) is 61.4. The van der Waals surface area contributed by atoms with Gasteiger partial charge >= 0.3 is 11.9 Å². The summed E-state index contributed by atoms with van der Waals surface area (Å²) in [7, 11) is 0. The van der Waals surface area contributed by atoms with Crippen molar-refractivity contribution < 1.29 is 24.2 Å². The summed E-state index contributed by atoms with van der Waals surface area (Å²) in [6.45, 7) is 4.02. The molecule has 5 heteroatoms. The van der Waals surface area contributed by atoms with Crippen LogP contribution in [0.1, 0.15) is 309 Å². The van der Waals surface area contributed by atoms with E-state index in [-0.39, 0.29) is 25.2 Å². The number of aliphatic hydroxyl groups excluding tert-OH is 1. The number of esters is 2. The lowest BCUT2D eigenvalue weighted by molar-refractivity contribution is -0.161. The van der Waals surface area contributed by atoms with Crippen molar-refractivity contribution in [2.24, 2.45) is 0 Å². The minimum atomic E-state index is -0.796. The molecule has 0 fully saturated rings. The number of rotatable bonds is 58. The summed E-state index contributed by atoms with van der Waals surface area (Å²) in [5, 5.41) is 9.67. The van der Waals surface area contributed by atoms with E-state index < -0.39 is 6.10 Å². The van der Waals surface area contributed by atoms with E-state index in [0.717, 1.165) is 89.9 Å². The largest absolute Gasteiger partial charge is 0.462 e. The lowest BCUT2D eigenvalue weighted by Gasteiger charge is -2.15. The Hall–Kier alpha value is -3.18. The predicted molar refractivity (Wildman–Crippen MR) is 325 cm³/mol. The van der Waals surface area contributed by atoms with E-state index in [1.807, 2.05) is 0 Å². The van der Waals surface area contributed by atoms with Gasteiger partial charge in [-0.3, -0.25) is 9.59 Å². The Kier molecular flexibility index (Phi) is 61.4. The van der Waals surface area contributed by atoms with Crippen molar-refractivity contribution in [3.8, 4) is 0 Å². The van der Waals surface area contributed by atoms with Gasteiger partial charge in [0.2, 0.25) is 0 Å². The van der Waals surface area contributed by atoms with E-state index in [1.165, 1.54) is 193 Å². The molecule has 1 unspecified atom stereocenters. The third-order valence-electron chi connectivity index (χ3n) is 13.9. The summed E-state index contributed by atoms with van der Waals surface area (Å²) >= 11 is 0. The molecule has 1 N–H and O–H groups in total. The Balaban J connectivity index is 3.49. The molecule has 0 aromatic heterocycles. The van der Waals surface area contributed by atoms with Crippen LogP contribution in [0.3, 0.4) is 0 Å². The molecule has 5 nitrogen and oxygen atoms in total. The van der Waals surface area contributed by atoms with Crippen molar-refractivity contribution in [2.75, 3.05) is 13.2 Å². The van der Waals surface area contributed by atoms with Crippen LogP contribution in [0.2, 0.25) is 0 Å². The van der Waals surface area contributed by atoms with Gasteiger partial charge in [0.1, 0.15) is 6.61 Å². The fourth-order valence-corrected chi connectivity index (χ4v) is 9.12. The van der Waals surface area contributed by atoms with E-state index in [1.54, 1.807) is 0 Å². The zero-order valence-corrected chi connectivity index (χ0v) is 48.8. The van der Waals surface area contributed by atoms with E-state index >= 15 is 0 Å². The fourth-order valence-electron chi connectivity index (χ4n) is 9.12. The van der Waals surface area contributed by atoms with Crippen molar-refractivity contribution in [1.82, 2.24) is 0 Å². The first-order valence-corrected chi connectivity index (χ1v) is 31.8. The summed E-state index contributed by atoms with van der Waals surface area (Å²) in [6, 6.07) is 0. The highest BCUT2D eigenvalue weighted by Gasteiger charge is 2.16. The molecule has 0 rings (SSSR count). The molecule has 0 radical (unpaired) electrons. The molecule has 0 aromatic carbocycles. The van der Waals surface area contributed by atoms with Crippen LogP contribution < -0.4 is 0 Å². The molecule has 0 aliphatic carbocycles. The van der Waals surface area contributed by atoms with Crippen LogP contribution in [0, 0.1) is 0 Å². The molecule has 0 aliphatic rings. The van der Waals surface area contributed by atoms with Gasteiger partial charge in [0.15, 0.2) is 6.10 Å². The fraction of sp³-hybridized carbons (Fsp3) is 0.739. The molecular formula is C69H120O5. The maximum atomic E-state index is 12.3.